The van der Waals surface area contributed by atoms with Gasteiger partial charge in [-0.05, 0) is 25.1 Å². The van der Waals surface area contributed by atoms with E-state index in [1.54, 1.807) is 10.9 Å². The summed E-state index contributed by atoms with van der Waals surface area (Å²) in [5, 5.41) is 7.09. The lowest BCUT2D eigenvalue weighted by Gasteiger charge is -2.16. The van der Waals surface area contributed by atoms with E-state index in [1.165, 1.54) is 19.2 Å². The minimum atomic E-state index is -0.646. The first-order valence-electron chi connectivity index (χ1n) is 7.47. The quantitative estimate of drug-likeness (QED) is 0.730. The van der Waals surface area contributed by atoms with Crippen molar-refractivity contribution in [3.05, 3.63) is 41.2 Å². The fourth-order valence-electron chi connectivity index (χ4n) is 2.18. The summed E-state index contributed by atoms with van der Waals surface area (Å²) in [4.78, 5) is 23.3. The highest BCUT2D eigenvalue weighted by Crippen LogP contribution is 2.36. The number of hydrogen-bond acceptors (Lipinski definition) is 5. The van der Waals surface area contributed by atoms with Gasteiger partial charge in [0.1, 0.15) is 0 Å². The van der Waals surface area contributed by atoms with E-state index >= 15 is 0 Å². The van der Waals surface area contributed by atoms with Crippen molar-refractivity contribution in [2.75, 3.05) is 13.7 Å². The zero-order valence-electron chi connectivity index (χ0n) is 13.9. The minimum Gasteiger partial charge on any atom is -0.493 e. The second-order valence-corrected chi connectivity index (χ2v) is 5.75. The van der Waals surface area contributed by atoms with Gasteiger partial charge in [0.05, 0.1) is 18.7 Å². The summed E-state index contributed by atoms with van der Waals surface area (Å²) >= 11 is 6.14. The minimum absolute atomic E-state index is 0.144. The van der Waals surface area contributed by atoms with Crippen LogP contribution >= 0.6 is 11.6 Å². The fourth-order valence-corrected chi connectivity index (χ4v) is 2.44. The van der Waals surface area contributed by atoms with Crippen molar-refractivity contribution < 1.29 is 19.1 Å². The third kappa shape index (κ3) is 5.12. The highest BCUT2D eigenvalue weighted by Gasteiger charge is 2.18. The summed E-state index contributed by atoms with van der Waals surface area (Å²) in [6.45, 7) is 2.05. The Hall–Kier alpha value is -2.74. The second kappa shape index (κ2) is 8.39. The number of benzene rings is 1. The van der Waals surface area contributed by atoms with Gasteiger partial charge in [0.25, 0.3) is 11.8 Å². The van der Waals surface area contributed by atoms with Crippen molar-refractivity contribution in [1.29, 1.82) is 0 Å². The van der Waals surface area contributed by atoms with Crippen LogP contribution in [-0.2, 0) is 11.3 Å². The van der Waals surface area contributed by atoms with Gasteiger partial charge in [-0.15, -0.1) is 0 Å². The van der Waals surface area contributed by atoms with Gasteiger partial charge in [-0.2, -0.15) is 5.10 Å². The molecule has 25 heavy (non-hydrogen) atoms. The van der Waals surface area contributed by atoms with Gasteiger partial charge in [0.15, 0.2) is 18.1 Å². The van der Waals surface area contributed by atoms with Crippen LogP contribution in [0.4, 0.5) is 0 Å². The number of rotatable bonds is 8. The summed E-state index contributed by atoms with van der Waals surface area (Å²) < 4.78 is 12.1. The third-order valence-electron chi connectivity index (χ3n) is 3.25. The highest BCUT2D eigenvalue weighted by atomic mass is 35.5. The number of nitrogens with two attached hydrogens (primary N) is 1. The molecule has 0 unspecified atom stereocenters. The first-order chi connectivity index (χ1) is 11.9. The van der Waals surface area contributed by atoms with Crippen LogP contribution < -0.4 is 20.5 Å². The van der Waals surface area contributed by atoms with E-state index in [1.807, 2.05) is 19.2 Å². The molecule has 0 aliphatic rings. The molecular weight excluding hydrogens is 348 g/mol. The van der Waals surface area contributed by atoms with Crippen molar-refractivity contribution in [3.63, 3.8) is 0 Å². The number of hydrogen-bond donors (Lipinski definition) is 2. The van der Waals surface area contributed by atoms with Gasteiger partial charge in [-0.3, -0.25) is 14.3 Å². The summed E-state index contributed by atoms with van der Waals surface area (Å²) in [6, 6.07) is 4.58. The lowest BCUT2D eigenvalue weighted by molar-refractivity contribution is -0.119. The first-order valence-corrected chi connectivity index (χ1v) is 7.85. The Morgan fingerprint density at radius 2 is 2.20 bits per heavy atom. The molecule has 9 heteroatoms. The molecule has 3 N–H and O–H groups in total. The normalized spacial score (nSPS) is 11.6. The predicted molar refractivity (Wildman–Crippen MR) is 91.8 cm³/mol. The smallest absolute Gasteiger partial charge is 0.255 e. The molecule has 134 valence electrons. The Morgan fingerprint density at radius 3 is 2.80 bits per heavy atom. The van der Waals surface area contributed by atoms with E-state index in [0.717, 1.165) is 0 Å². The van der Waals surface area contributed by atoms with Gasteiger partial charge < -0.3 is 20.5 Å². The predicted octanol–water partition coefficient (Wildman–Crippen LogP) is 1.23. The van der Waals surface area contributed by atoms with E-state index in [4.69, 9.17) is 26.8 Å². The first kappa shape index (κ1) is 18.6. The standard InChI is InChI=1S/C16H19ClN4O4/c1-10(8-21-5-3-4-19-21)20-16(23)11-6-12(17)15(13(7-11)24-2)25-9-14(18)22/h3-7,10H,8-9H2,1-2H3,(H2,18,22)(H,20,23)/t10-/m1/s1. The average molecular weight is 367 g/mol. The molecule has 0 aliphatic heterocycles. The Bertz CT molecular complexity index is 749. The molecular formula is C16H19ClN4O4. The van der Waals surface area contributed by atoms with Crippen molar-refractivity contribution in [2.24, 2.45) is 5.73 Å². The summed E-state index contributed by atoms with van der Waals surface area (Å²) in [5.41, 5.74) is 5.36. The lowest BCUT2D eigenvalue weighted by Crippen LogP contribution is -2.35. The summed E-state index contributed by atoms with van der Waals surface area (Å²) in [5.74, 6) is -0.573. The van der Waals surface area contributed by atoms with Gasteiger partial charge in [-0.25, -0.2) is 0 Å². The van der Waals surface area contributed by atoms with Crippen LogP contribution in [0.5, 0.6) is 11.5 Å². The van der Waals surface area contributed by atoms with E-state index in [-0.39, 0.29) is 35.1 Å². The number of methoxy groups -OCH3 is 1. The van der Waals surface area contributed by atoms with Crippen molar-refractivity contribution in [3.8, 4) is 11.5 Å². The maximum absolute atomic E-state index is 12.4. The maximum atomic E-state index is 12.4. The van der Waals surface area contributed by atoms with Crippen LogP contribution in [0.15, 0.2) is 30.6 Å². The fraction of sp³-hybridized carbons (Fsp3) is 0.312. The van der Waals surface area contributed by atoms with Gasteiger partial charge in [0, 0.05) is 24.0 Å². The molecule has 0 fully saturated rings. The van der Waals surface area contributed by atoms with E-state index < -0.39 is 5.91 Å². The number of carbonyl (C=O) groups excluding carboxylic acids is 2. The highest BCUT2D eigenvalue weighted by molar-refractivity contribution is 6.32. The number of carbonyl (C=O) groups is 2. The number of nitrogens with zero attached hydrogens (tertiary/aromatic N) is 2. The monoisotopic (exact) mass is 366 g/mol. The van der Waals surface area contributed by atoms with Crippen LogP contribution in [0.3, 0.4) is 0 Å². The van der Waals surface area contributed by atoms with Crippen LogP contribution in [0, 0.1) is 0 Å². The molecule has 0 saturated carbocycles. The topological polar surface area (TPSA) is 108 Å². The molecule has 1 atom stereocenters. The second-order valence-electron chi connectivity index (χ2n) is 5.35. The number of aromatic nitrogens is 2. The number of amides is 2. The van der Waals surface area contributed by atoms with Gasteiger partial charge in [-0.1, -0.05) is 11.6 Å². The molecule has 8 nitrogen and oxygen atoms in total. The number of primary amides is 1. The molecule has 2 rings (SSSR count). The Kier molecular flexibility index (Phi) is 6.24. The van der Waals surface area contributed by atoms with Crippen LogP contribution in [-0.4, -0.2) is 41.4 Å². The molecule has 0 bridgehead atoms. The Labute approximate surface area is 149 Å². The largest absolute Gasteiger partial charge is 0.493 e. The maximum Gasteiger partial charge on any atom is 0.255 e. The van der Waals surface area contributed by atoms with Crippen LogP contribution in [0.2, 0.25) is 5.02 Å². The summed E-state index contributed by atoms with van der Waals surface area (Å²) in [7, 11) is 1.41. The number of ether oxygens (including phenoxy) is 2. The molecule has 2 amide bonds. The molecule has 0 spiro atoms. The molecule has 1 aromatic heterocycles. The average Bonchev–Trinajstić information content (AvgIpc) is 3.05. The molecule has 1 heterocycles. The number of halogens is 1. The Balaban J connectivity index is 2.11. The van der Waals surface area contributed by atoms with Crippen molar-refractivity contribution in [2.45, 2.75) is 19.5 Å². The lowest BCUT2D eigenvalue weighted by atomic mass is 10.1. The van der Waals surface area contributed by atoms with E-state index in [2.05, 4.69) is 10.4 Å². The molecule has 1 aromatic carbocycles. The zero-order valence-corrected chi connectivity index (χ0v) is 14.6. The van der Waals surface area contributed by atoms with Crippen molar-refractivity contribution in [1.82, 2.24) is 15.1 Å². The third-order valence-corrected chi connectivity index (χ3v) is 3.53. The van der Waals surface area contributed by atoms with Gasteiger partial charge in [0.2, 0.25) is 0 Å². The Morgan fingerprint density at radius 1 is 1.44 bits per heavy atom. The molecule has 2 aromatic rings. The summed E-state index contributed by atoms with van der Waals surface area (Å²) in [6.07, 6.45) is 3.48. The van der Waals surface area contributed by atoms with Crippen LogP contribution in [0.1, 0.15) is 17.3 Å². The zero-order chi connectivity index (χ0) is 18.4. The molecule has 0 radical (unpaired) electrons. The molecule has 0 aliphatic carbocycles. The van der Waals surface area contributed by atoms with E-state index in [9.17, 15) is 9.59 Å². The van der Waals surface area contributed by atoms with Gasteiger partial charge >= 0.3 is 0 Å². The van der Waals surface area contributed by atoms with Crippen LogP contribution in [0.25, 0.3) is 0 Å². The number of nitrogens with one attached hydrogen (secondary N) is 1. The molecule has 0 saturated heterocycles. The van der Waals surface area contributed by atoms with Crippen molar-refractivity contribution >= 4 is 23.4 Å². The SMILES string of the molecule is COc1cc(C(=O)N[C@H](C)Cn2cccn2)cc(Cl)c1OCC(N)=O. The van der Waals surface area contributed by atoms with E-state index in [0.29, 0.717) is 12.1 Å².